The minimum absolute atomic E-state index is 0.747. The first-order chi connectivity index (χ1) is 9.27. The van der Waals surface area contributed by atoms with Gasteiger partial charge in [0.15, 0.2) is 0 Å². The molecule has 19 heavy (non-hydrogen) atoms. The van der Waals surface area contributed by atoms with E-state index >= 15 is 0 Å². The van der Waals surface area contributed by atoms with Crippen LogP contribution in [0.5, 0.6) is 0 Å². The van der Waals surface area contributed by atoms with Crippen LogP contribution in [-0.2, 0) is 0 Å². The Kier molecular flexibility index (Phi) is 9.54. The Bertz CT molecular complexity index is 199. The third kappa shape index (κ3) is 7.31. The van der Waals surface area contributed by atoms with Gasteiger partial charge in [-0.1, -0.05) is 52.4 Å². The van der Waals surface area contributed by atoms with Crippen LogP contribution in [0.1, 0.15) is 78.6 Å². The second-order valence-electron chi connectivity index (χ2n) is 6.29. The average molecular weight is 268 g/mol. The van der Waals surface area contributed by atoms with Crippen LogP contribution in [0.25, 0.3) is 0 Å². The summed E-state index contributed by atoms with van der Waals surface area (Å²) < 4.78 is 0. The number of nitrogens with zero attached hydrogens (tertiary/aromatic N) is 1. The summed E-state index contributed by atoms with van der Waals surface area (Å²) in [7, 11) is 0. The highest BCUT2D eigenvalue weighted by Crippen LogP contribution is 2.14. The normalized spacial score (nSPS) is 21.8. The highest BCUT2D eigenvalue weighted by atomic mass is 15.2. The molecule has 1 aliphatic rings. The Balaban J connectivity index is 2.16. The van der Waals surface area contributed by atoms with Gasteiger partial charge in [0.05, 0.1) is 0 Å². The molecule has 0 aliphatic carbocycles. The van der Waals surface area contributed by atoms with Gasteiger partial charge in [-0.25, -0.2) is 0 Å². The van der Waals surface area contributed by atoms with Crippen LogP contribution in [0.15, 0.2) is 0 Å². The molecule has 0 saturated carbocycles. The number of unbranched alkanes of at least 4 members (excludes halogenated alkanes) is 4. The maximum absolute atomic E-state index is 3.68. The van der Waals surface area contributed by atoms with Crippen LogP contribution < -0.4 is 5.32 Å². The summed E-state index contributed by atoms with van der Waals surface area (Å²) in [6.45, 7) is 10.7. The molecule has 1 saturated heterocycles. The monoisotopic (exact) mass is 268 g/mol. The molecule has 1 aliphatic heterocycles. The first kappa shape index (κ1) is 17.0. The van der Waals surface area contributed by atoms with Crippen LogP contribution in [0, 0.1) is 0 Å². The van der Waals surface area contributed by atoms with E-state index in [1.165, 1.54) is 77.4 Å². The molecule has 2 unspecified atom stereocenters. The number of rotatable bonds is 10. The fourth-order valence-corrected chi connectivity index (χ4v) is 3.21. The van der Waals surface area contributed by atoms with Crippen molar-refractivity contribution in [2.75, 3.05) is 19.6 Å². The minimum atomic E-state index is 0.747. The third-order valence-corrected chi connectivity index (χ3v) is 4.62. The van der Waals surface area contributed by atoms with Crippen molar-refractivity contribution in [1.82, 2.24) is 10.2 Å². The number of piperidine rings is 1. The van der Waals surface area contributed by atoms with Gasteiger partial charge in [0.25, 0.3) is 0 Å². The molecule has 0 radical (unpaired) electrons. The standard InChI is InChI=1S/C17H36N2/c1-4-6-7-8-9-12-16(3)19(5-2)15-17-13-10-11-14-18-17/h16-18H,4-15H2,1-3H3. The van der Waals surface area contributed by atoms with Gasteiger partial charge in [-0.2, -0.15) is 0 Å². The Morgan fingerprint density at radius 2 is 1.89 bits per heavy atom. The van der Waals surface area contributed by atoms with E-state index < -0.39 is 0 Å². The van der Waals surface area contributed by atoms with Crippen molar-refractivity contribution >= 4 is 0 Å². The SMILES string of the molecule is CCCCCCCC(C)N(CC)CC1CCCCN1. The van der Waals surface area contributed by atoms with E-state index in [1.807, 2.05) is 0 Å². The smallest absolute Gasteiger partial charge is 0.0195 e. The van der Waals surface area contributed by atoms with Gasteiger partial charge in [-0.15, -0.1) is 0 Å². The van der Waals surface area contributed by atoms with Crippen molar-refractivity contribution in [3.05, 3.63) is 0 Å². The van der Waals surface area contributed by atoms with E-state index in [2.05, 4.69) is 31.0 Å². The first-order valence-electron chi connectivity index (χ1n) is 8.75. The Labute approximate surface area is 121 Å². The molecule has 2 heteroatoms. The van der Waals surface area contributed by atoms with Gasteiger partial charge in [-0.05, 0) is 39.3 Å². The minimum Gasteiger partial charge on any atom is -0.313 e. The van der Waals surface area contributed by atoms with Crippen LogP contribution in [-0.4, -0.2) is 36.6 Å². The number of hydrogen-bond donors (Lipinski definition) is 1. The molecule has 1 rings (SSSR count). The molecule has 0 aromatic carbocycles. The zero-order valence-corrected chi connectivity index (χ0v) is 13.6. The average Bonchev–Trinajstić information content (AvgIpc) is 2.45. The number of hydrogen-bond acceptors (Lipinski definition) is 2. The second-order valence-corrected chi connectivity index (χ2v) is 6.29. The lowest BCUT2D eigenvalue weighted by Gasteiger charge is -2.33. The van der Waals surface area contributed by atoms with Crippen molar-refractivity contribution in [2.45, 2.75) is 90.6 Å². The molecule has 1 fully saturated rings. The summed E-state index contributed by atoms with van der Waals surface area (Å²) in [6, 6.07) is 1.51. The van der Waals surface area contributed by atoms with Gasteiger partial charge in [0.1, 0.15) is 0 Å². The molecule has 2 atom stereocenters. The quantitative estimate of drug-likeness (QED) is 0.597. The van der Waals surface area contributed by atoms with E-state index in [0.717, 1.165) is 12.1 Å². The van der Waals surface area contributed by atoms with Gasteiger partial charge in [-0.3, -0.25) is 4.90 Å². The summed E-state index contributed by atoms with van der Waals surface area (Å²) in [5, 5.41) is 3.68. The van der Waals surface area contributed by atoms with Crippen molar-refractivity contribution in [3.63, 3.8) is 0 Å². The summed E-state index contributed by atoms with van der Waals surface area (Å²) >= 11 is 0. The van der Waals surface area contributed by atoms with Crippen LogP contribution >= 0.6 is 0 Å². The lowest BCUT2D eigenvalue weighted by Crippen LogP contribution is -2.46. The fourth-order valence-electron chi connectivity index (χ4n) is 3.21. The predicted octanol–water partition coefficient (Wildman–Crippen LogP) is 4.20. The summed E-state index contributed by atoms with van der Waals surface area (Å²) in [4.78, 5) is 2.68. The van der Waals surface area contributed by atoms with Crippen molar-refractivity contribution in [1.29, 1.82) is 0 Å². The van der Waals surface area contributed by atoms with Crippen molar-refractivity contribution < 1.29 is 0 Å². The lowest BCUT2D eigenvalue weighted by molar-refractivity contribution is 0.174. The third-order valence-electron chi connectivity index (χ3n) is 4.62. The Hall–Kier alpha value is -0.0800. The zero-order valence-electron chi connectivity index (χ0n) is 13.6. The van der Waals surface area contributed by atoms with E-state index in [0.29, 0.717) is 0 Å². The van der Waals surface area contributed by atoms with E-state index in [4.69, 9.17) is 0 Å². The van der Waals surface area contributed by atoms with Crippen molar-refractivity contribution in [2.24, 2.45) is 0 Å². The largest absolute Gasteiger partial charge is 0.313 e. The predicted molar refractivity (Wildman–Crippen MR) is 85.7 cm³/mol. The van der Waals surface area contributed by atoms with Gasteiger partial charge in [0, 0.05) is 18.6 Å². The van der Waals surface area contributed by atoms with Gasteiger partial charge >= 0.3 is 0 Å². The summed E-state index contributed by atoms with van der Waals surface area (Å²) in [5.74, 6) is 0. The van der Waals surface area contributed by atoms with Gasteiger partial charge < -0.3 is 5.32 Å². The molecule has 0 aromatic heterocycles. The number of nitrogens with one attached hydrogen (secondary N) is 1. The molecule has 114 valence electrons. The van der Waals surface area contributed by atoms with Crippen LogP contribution in [0.3, 0.4) is 0 Å². The molecule has 1 N–H and O–H groups in total. The molecular formula is C17H36N2. The topological polar surface area (TPSA) is 15.3 Å². The van der Waals surface area contributed by atoms with Crippen molar-refractivity contribution in [3.8, 4) is 0 Å². The highest BCUT2D eigenvalue weighted by molar-refractivity contribution is 4.78. The Morgan fingerprint density at radius 1 is 1.11 bits per heavy atom. The maximum atomic E-state index is 3.68. The van der Waals surface area contributed by atoms with E-state index in [1.54, 1.807) is 0 Å². The van der Waals surface area contributed by atoms with Crippen LogP contribution in [0.4, 0.5) is 0 Å². The van der Waals surface area contributed by atoms with E-state index in [-0.39, 0.29) is 0 Å². The lowest BCUT2D eigenvalue weighted by atomic mass is 10.0. The second kappa shape index (κ2) is 10.7. The molecule has 1 heterocycles. The number of likely N-dealkylation sites (N-methyl/N-ethyl adjacent to an activating group) is 1. The van der Waals surface area contributed by atoms with Crippen LogP contribution in [0.2, 0.25) is 0 Å². The maximum Gasteiger partial charge on any atom is 0.0195 e. The summed E-state index contributed by atoms with van der Waals surface area (Å²) in [6.07, 6.45) is 12.6. The fraction of sp³-hybridized carbons (Fsp3) is 1.00. The first-order valence-corrected chi connectivity index (χ1v) is 8.75. The zero-order chi connectivity index (χ0) is 13.9. The summed E-state index contributed by atoms with van der Waals surface area (Å²) in [5.41, 5.74) is 0. The van der Waals surface area contributed by atoms with Gasteiger partial charge in [0.2, 0.25) is 0 Å². The van der Waals surface area contributed by atoms with E-state index in [9.17, 15) is 0 Å². The molecule has 2 nitrogen and oxygen atoms in total. The molecule has 0 aromatic rings. The molecule has 0 spiro atoms. The molecule has 0 bridgehead atoms. The Morgan fingerprint density at radius 3 is 2.53 bits per heavy atom. The molecular weight excluding hydrogens is 232 g/mol. The highest BCUT2D eigenvalue weighted by Gasteiger charge is 2.18. The molecule has 0 amide bonds.